The third kappa shape index (κ3) is 6.49. The highest BCUT2D eigenvalue weighted by Gasteiger charge is 2.33. The van der Waals surface area contributed by atoms with Gasteiger partial charge in [0.05, 0.1) is 48.4 Å². The van der Waals surface area contributed by atoms with Gasteiger partial charge >= 0.3 is 12.1 Å². The Morgan fingerprint density at radius 1 is 1.12 bits per heavy atom. The third-order valence-electron chi connectivity index (χ3n) is 8.26. The molecular weight excluding hydrogens is 587 g/mol. The van der Waals surface area contributed by atoms with Gasteiger partial charge in [-0.2, -0.15) is 13.2 Å². The van der Waals surface area contributed by atoms with Gasteiger partial charge in [-0.25, -0.2) is 18.2 Å². The number of nitrogens with zero attached hydrogens (tertiary/aromatic N) is 3. The largest absolute Gasteiger partial charge is 0.495 e. The van der Waals surface area contributed by atoms with Gasteiger partial charge in [0.1, 0.15) is 10.6 Å². The van der Waals surface area contributed by atoms with E-state index in [1.165, 1.54) is 38.3 Å². The molecule has 0 radical (unpaired) electrons. The second-order valence-corrected chi connectivity index (χ2v) is 13.0. The van der Waals surface area contributed by atoms with Gasteiger partial charge < -0.3 is 14.6 Å². The van der Waals surface area contributed by atoms with Gasteiger partial charge in [-0.05, 0) is 44.1 Å². The number of rotatable bonds is 8. The maximum atomic E-state index is 13.7. The van der Waals surface area contributed by atoms with Gasteiger partial charge in [0.2, 0.25) is 0 Å². The van der Waals surface area contributed by atoms with Crippen LogP contribution in [0.1, 0.15) is 41.3 Å². The van der Waals surface area contributed by atoms with Crippen molar-refractivity contribution >= 4 is 26.7 Å². The Balaban J connectivity index is 1.65. The lowest BCUT2D eigenvalue weighted by molar-refractivity contribution is -0.137. The fourth-order valence-electron chi connectivity index (χ4n) is 5.96. The lowest BCUT2D eigenvalue weighted by Crippen LogP contribution is -2.48. The highest BCUT2D eigenvalue weighted by Crippen LogP contribution is 2.38. The molecule has 2 fully saturated rings. The molecule has 0 aliphatic carbocycles. The van der Waals surface area contributed by atoms with Crippen LogP contribution in [0.2, 0.25) is 0 Å². The van der Waals surface area contributed by atoms with Crippen molar-refractivity contribution in [3.63, 3.8) is 0 Å². The Bertz CT molecular complexity index is 1620. The summed E-state index contributed by atoms with van der Waals surface area (Å²) in [5, 5.41) is 10.6. The minimum absolute atomic E-state index is 0.0221. The molecule has 0 atom stereocenters. The molecule has 2 aliphatic heterocycles. The molecule has 0 saturated carbocycles. The maximum Gasteiger partial charge on any atom is 0.416 e. The predicted molar refractivity (Wildman–Crippen MR) is 154 cm³/mol. The Morgan fingerprint density at radius 3 is 2.42 bits per heavy atom. The molecule has 3 aromatic rings. The van der Waals surface area contributed by atoms with Crippen LogP contribution >= 0.6 is 0 Å². The number of fused-ring (bicyclic) bond motifs is 1. The number of carbonyl (C=O) groups is 1. The monoisotopic (exact) mass is 621 g/mol. The molecule has 9 nitrogen and oxygen atoms in total. The number of halogens is 3. The van der Waals surface area contributed by atoms with Crippen molar-refractivity contribution in [1.29, 1.82) is 0 Å². The SMILES string of the molecule is CCS(=O)(=O)c1cc2c(C(=O)O)c(CN3CCC(N4CCOCC4)CC3)c(-c3cccc(C(F)(F)F)c3)nc2cc1OC. The second kappa shape index (κ2) is 12.4. The summed E-state index contributed by atoms with van der Waals surface area (Å²) in [6.45, 7) is 5.98. The molecule has 2 aliphatic rings. The van der Waals surface area contributed by atoms with E-state index in [4.69, 9.17) is 9.47 Å². The molecule has 0 unspecified atom stereocenters. The molecule has 3 heterocycles. The number of ether oxygens (including phenoxy) is 2. The number of aromatic nitrogens is 1. The molecular formula is C30H34F3N3O6S. The number of aromatic carboxylic acids is 1. The highest BCUT2D eigenvalue weighted by molar-refractivity contribution is 7.91. The van der Waals surface area contributed by atoms with Crippen molar-refractivity contribution in [3.05, 3.63) is 53.1 Å². The van der Waals surface area contributed by atoms with Crippen molar-refractivity contribution in [3.8, 4) is 17.0 Å². The Hall–Kier alpha value is -3.26. The minimum Gasteiger partial charge on any atom is -0.495 e. The van der Waals surface area contributed by atoms with E-state index in [1.807, 2.05) is 0 Å². The first kappa shape index (κ1) is 31.2. The topological polar surface area (TPSA) is 109 Å². The number of piperidine rings is 1. The van der Waals surface area contributed by atoms with Gasteiger partial charge in [-0.1, -0.05) is 19.1 Å². The highest BCUT2D eigenvalue weighted by atomic mass is 32.2. The Kier molecular flexibility index (Phi) is 8.98. The van der Waals surface area contributed by atoms with Crippen LogP contribution in [0.25, 0.3) is 22.2 Å². The van der Waals surface area contributed by atoms with E-state index in [9.17, 15) is 31.5 Å². The number of carboxylic acids is 1. The van der Waals surface area contributed by atoms with Crippen molar-refractivity contribution in [2.45, 2.75) is 43.4 Å². The molecule has 1 N–H and O–H groups in total. The molecule has 1 aromatic heterocycles. The average Bonchev–Trinajstić information content (AvgIpc) is 3.00. The van der Waals surface area contributed by atoms with Gasteiger partial charge in [0, 0.05) is 48.3 Å². The summed E-state index contributed by atoms with van der Waals surface area (Å²) in [5.41, 5.74) is -0.535. The molecule has 2 aromatic carbocycles. The van der Waals surface area contributed by atoms with Gasteiger partial charge in [0.15, 0.2) is 9.84 Å². The Labute approximate surface area is 248 Å². The zero-order valence-corrected chi connectivity index (χ0v) is 24.8. The number of hydrogen-bond acceptors (Lipinski definition) is 8. The quantitative estimate of drug-likeness (QED) is 0.382. The fourth-order valence-corrected chi connectivity index (χ4v) is 7.01. The molecule has 0 bridgehead atoms. The van der Waals surface area contributed by atoms with E-state index in [2.05, 4.69) is 14.8 Å². The van der Waals surface area contributed by atoms with Crippen molar-refractivity contribution in [2.75, 3.05) is 52.3 Å². The van der Waals surface area contributed by atoms with Crippen LogP contribution in [0, 0.1) is 0 Å². The summed E-state index contributed by atoms with van der Waals surface area (Å²) in [7, 11) is -2.52. The standard InChI is InChI=1S/C30H34F3N3O6S/c1-3-43(39,40)26-16-22-24(17-25(26)41-2)34-28(19-5-4-6-20(15-19)30(31,32)33)23(27(22)29(37)38)18-35-9-7-21(8-10-35)36-11-13-42-14-12-36/h4-6,15-17,21H,3,7-14,18H2,1-2H3,(H,37,38). The van der Waals surface area contributed by atoms with Crippen LogP contribution in [0.3, 0.4) is 0 Å². The van der Waals surface area contributed by atoms with E-state index in [0.29, 0.717) is 32.3 Å². The third-order valence-corrected chi connectivity index (χ3v) is 10.0. The number of likely N-dealkylation sites (tertiary alicyclic amines) is 1. The fraction of sp³-hybridized carbons (Fsp3) is 0.467. The van der Waals surface area contributed by atoms with Crippen LogP contribution in [-0.2, 0) is 27.3 Å². The van der Waals surface area contributed by atoms with Gasteiger partial charge in [-0.15, -0.1) is 0 Å². The lowest BCUT2D eigenvalue weighted by Gasteiger charge is -2.40. The molecule has 0 amide bonds. The number of pyridine rings is 1. The van der Waals surface area contributed by atoms with Crippen molar-refractivity contribution in [2.24, 2.45) is 0 Å². The van der Waals surface area contributed by atoms with Crippen molar-refractivity contribution < 1.29 is 41.0 Å². The summed E-state index contributed by atoms with van der Waals surface area (Å²) < 4.78 is 77.7. The summed E-state index contributed by atoms with van der Waals surface area (Å²) in [4.78, 5) is 21.9. The van der Waals surface area contributed by atoms with E-state index in [-0.39, 0.29) is 56.2 Å². The molecule has 0 spiro atoms. The van der Waals surface area contributed by atoms with Crippen LogP contribution in [0.4, 0.5) is 13.2 Å². The van der Waals surface area contributed by atoms with Crippen LogP contribution in [0.5, 0.6) is 5.75 Å². The van der Waals surface area contributed by atoms with Crippen molar-refractivity contribution in [1.82, 2.24) is 14.8 Å². The number of benzene rings is 2. The zero-order chi connectivity index (χ0) is 30.9. The molecule has 13 heteroatoms. The Morgan fingerprint density at radius 2 is 1.81 bits per heavy atom. The summed E-state index contributed by atoms with van der Waals surface area (Å²) in [6, 6.07) is 7.60. The van der Waals surface area contributed by atoms with Crippen LogP contribution in [-0.4, -0.2) is 92.6 Å². The predicted octanol–water partition coefficient (Wildman–Crippen LogP) is 4.72. The normalized spacial score (nSPS) is 17.8. The lowest BCUT2D eigenvalue weighted by atomic mass is 9.94. The number of methoxy groups -OCH3 is 1. The van der Waals surface area contributed by atoms with Gasteiger partial charge in [-0.3, -0.25) is 9.80 Å². The zero-order valence-electron chi connectivity index (χ0n) is 24.0. The number of hydrogen-bond donors (Lipinski definition) is 1. The van der Waals surface area contributed by atoms with E-state index >= 15 is 0 Å². The number of alkyl halides is 3. The second-order valence-electron chi connectivity index (χ2n) is 10.8. The van der Waals surface area contributed by atoms with Gasteiger partial charge in [0.25, 0.3) is 0 Å². The smallest absolute Gasteiger partial charge is 0.416 e. The number of sulfone groups is 1. The van der Waals surface area contributed by atoms with Crippen LogP contribution < -0.4 is 4.74 Å². The molecule has 5 rings (SSSR count). The summed E-state index contributed by atoms with van der Waals surface area (Å²) >= 11 is 0. The molecule has 2 saturated heterocycles. The first-order chi connectivity index (χ1) is 20.4. The number of carboxylic acid groups (broad SMARTS) is 1. The molecule has 232 valence electrons. The first-order valence-corrected chi connectivity index (χ1v) is 15.8. The average molecular weight is 622 g/mol. The molecule has 43 heavy (non-hydrogen) atoms. The maximum absolute atomic E-state index is 13.7. The first-order valence-electron chi connectivity index (χ1n) is 14.2. The number of morpholine rings is 1. The van der Waals surface area contributed by atoms with Crippen LogP contribution in [0.15, 0.2) is 41.3 Å². The van der Waals surface area contributed by atoms with E-state index < -0.39 is 27.5 Å². The minimum atomic E-state index is -4.61. The summed E-state index contributed by atoms with van der Waals surface area (Å²) in [5.74, 6) is -1.59. The summed E-state index contributed by atoms with van der Waals surface area (Å²) in [6.07, 6.45) is -2.92. The van der Waals surface area contributed by atoms with E-state index in [1.54, 1.807) is 0 Å². The van der Waals surface area contributed by atoms with E-state index in [0.717, 1.165) is 38.1 Å².